The van der Waals surface area contributed by atoms with Crippen molar-refractivity contribution in [2.24, 2.45) is 0 Å². The Balaban J connectivity index is 1.61. The van der Waals surface area contributed by atoms with E-state index in [1.807, 2.05) is 6.07 Å². The van der Waals surface area contributed by atoms with Crippen LogP contribution < -0.4 is 10.1 Å². The quantitative estimate of drug-likeness (QED) is 0.657. The van der Waals surface area contributed by atoms with Crippen molar-refractivity contribution in [2.45, 2.75) is 12.8 Å². The molecule has 0 saturated carbocycles. The Hall–Kier alpha value is -2.86. The maximum Gasteiger partial charge on any atom is 0.224 e. The number of rotatable bonds is 6. The molecular weight excluding hydrogens is 342 g/mol. The van der Waals surface area contributed by atoms with Crippen LogP contribution in [-0.2, 0) is 4.79 Å². The van der Waals surface area contributed by atoms with Crippen LogP contribution in [0.15, 0.2) is 42.7 Å². The molecule has 1 amide bonds. The number of nitrogens with one attached hydrogen (secondary N) is 2. The highest BCUT2D eigenvalue weighted by Gasteiger charge is 2.15. The summed E-state index contributed by atoms with van der Waals surface area (Å²) in [6.45, 7) is 0. The number of methoxy groups -OCH3 is 1. The second kappa shape index (κ2) is 7.36. The minimum absolute atomic E-state index is 0.0643. The van der Waals surface area contributed by atoms with Crippen LogP contribution in [-0.4, -0.2) is 28.8 Å². The zero-order chi connectivity index (χ0) is 17.8. The molecule has 3 aromatic rings. The first-order chi connectivity index (χ1) is 12.1. The minimum Gasteiger partial charge on any atom is -0.496 e. The molecular formula is C18H16ClN3O3. The van der Waals surface area contributed by atoms with E-state index in [0.717, 1.165) is 11.0 Å². The highest BCUT2D eigenvalue weighted by Crippen LogP contribution is 2.24. The zero-order valence-electron chi connectivity index (χ0n) is 13.5. The third-order valence-corrected chi connectivity index (χ3v) is 3.98. The van der Waals surface area contributed by atoms with E-state index < -0.39 is 0 Å². The summed E-state index contributed by atoms with van der Waals surface area (Å²) in [6.07, 6.45) is 1.72. The molecule has 0 radical (unpaired) electrons. The molecule has 0 fully saturated rings. The van der Waals surface area contributed by atoms with Gasteiger partial charge in [-0.25, -0.2) is 4.98 Å². The molecule has 0 aliphatic heterocycles. The lowest BCUT2D eigenvalue weighted by molar-refractivity contribution is -0.116. The number of carbonyl (C=O) groups is 2. The fourth-order valence-corrected chi connectivity index (χ4v) is 2.67. The first-order valence-electron chi connectivity index (χ1n) is 7.66. The van der Waals surface area contributed by atoms with Gasteiger partial charge in [0, 0.05) is 23.6 Å². The summed E-state index contributed by atoms with van der Waals surface area (Å²) in [4.78, 5) is 31.5. The summed E-state index contributed by atoms with van der Waals surface area (Å²) in [7, 11) is 1.48. The standard InChI is InChI=1S/C18H16ClN3O3/c1-25-17-6-2-11(19)8-13(17)16(23)5-7-18(24)22-12-3-4-14-15(9-12)21-10-20-14/h2-4,6,8-10H,5,7H2,1H3,(H,20,21)(H,22,24). The van der Waals surface area contributed by atoms with Gasteiger partial charge in [0.2, 0.25) is 5.91 Å². The number of Topliss-reactive ketones (excluding diaryl/α,β-unsaturated/α-hetero) is 1. The van der Waals surface area contributed by atoms with Crippen LogP contribution in [0.3, 0.4) is 0 Å². The molecule has 6 nitrogen and oxygen atoms in total. The number of ether oxygens (including phenoxy) is 1. The topological polar surface area (TPSA) is 84.1 Å². The van der Waals surface area contributed by atoms with Crippen LogP contribution in [0.1, 0.15) is 23.2 Å². The highest BCUT2D eigenvalue weighted by molar-refractivity contribution is 6.31. The molecule has 0 spiro atoms. The molecule has 0 atom stereocenters. The number of carbonyl (C=O) groups excluding carboxylic acids is 2. The first-order valence-corrected chi connectivity index (χ1v) is 8.04. The normalized spacial score (nSPS) is 10.6. The molecule has 2 N–H and O–H groups in total. The third kappa shape index (κ3) is 3.97. The Morgan fingerprint density at radius 3 is 2.84 bits per heavy atom. The maximum absolute atomic E-state index is 12.3. The average molecular weight is 358 g/mol. The van der Waals surface area contributed by atoms with E-state index in [4.69, 9.17) is 16.3 Å². The second-order valence-electron chi connectivity index (χ2n) is 5.45. The molecule has 1 heterocycles. The maximum atomic E-state index is 12.3. The Labute approximate surface area is 149 Å². The summed E-state index contributed by atoms with van der Waals surface area (Å²) in [5.41, 5.74) is 2.68. The van der Waals surface area contributed by atoms with Crippen molar-refractivity contribution in [1.29, 1.82) is 0 Å². The Kier molecular flexibility index (Phi) is 5.00. The van der Waals surface area contributed by atoms with Crippen LogP contribution in [0.5, 0.6) is 5.75 Å². The van der Waals surface area contributed by atoms with Gasteiger partial charge in [0.1, 0.15) is 5.75 Å². The summed E-state index contributed by atoms with van der Waals surface area (Å²) in [6, 6.07) is 10.2. The molecule has 25 heavy (non-hydrogen) atoms. The number of fused-ring (bicyclic) bond motifs is 1. The molecule has 0 bridgehead atoms. The van der Waals surface area contributed by atoms with Gasteiger partial charge in [-0.3, -0.25) is 9.59 Å². The molecule has 0 aliphatic carbocycles. The van der Waals surface area contributed by atoms with E-state index in [2.05, 4.69) is 15.3 Å². The Bertz CT molecular complexity index is 936. The second-order valence-corrected chi connectivity index (χ2v) is 5.89. The Morgan fingerprint density at radius 2 is 2.04 bits per heavy atom. The number of ketones is 1. The molecule has 3 rings (SSSR count). The SMILES string of the molecule is COc1ccc(Cl)cc1C(=O)CCC(=O)Nc1ccc2nc[nH]c2c1. The summed E-state index contributed by atoms with van der Waals surface area (Å²) in [5, 5.41) is 3.22. The lowest BCUT2D eigenvalue weighted by Crippen LogP contribution is -2.13. The van der Waals surface area contributed by atoms with Gasteiger partial charge in [0.05, 0.1) is 30.0 Å². The van der Waals surface area contributed by atoms with E-state index >= 15 is 0 Å². The fourth-order valence-electron chi connectivity index (χ4n) is 2.50. The number of aromatic nitrogens is 2. The van der Waals surface area contributed by atoms with Crippen molar-refractivity contribution < 1.29 is 14.3 Å². The number of amides is 1. The van der Waals surface area contributed by atoms with Crippen molar-refractivity contribution in [3.8, 4) is 5.75 Å². The van der Waals surface area contributed by atoms with Crippen LogP contribution in [0, 0.1) is 0 Å². The van der Waals surface area contributed by atoms with E-state index in [0.29, 0.717) is 22.0 Å². The van der Waals surface area contributed by atoms with Gasteiger partial charge < -0.3 is 15.0 Å². The minimum atomic E-state index is -0.242. The molecule has 128 valence electrons. The van der Waals surface area contributed by atoms with Gasteiger partial charge in [0.25, 0.3) is 0 Å². The molecule has 0 unspecified atom stereocenters. The van der Waals surface area contributed by atoms with Crippen LogP contribution in [0.25, 0.3) is 11.0 Å². The third-order valence-electron chi connectivity index (χ3n) is 3.75. The largest absolute Gasteiger partial charge is 0.496 e. The predicted molar refractivity (Wildman–Crippen MR) is 96.3 cm³/mol. The van der Waals surface area contributed by atoms with Crippen LogP contribution in [0.4, 0.5) is 5.69 Å². The van der Waals surface area contributed by atoms with Gasteiger partial charge in [-0.05, 0) is 36.4 Å². The van der Waals surface area contributed by atoms with Crippen molar-refractivity contribution in [3.05, 3.63) is 53.3 Å². The van der Waals surface area contributed by atoms with E-state index in [1.165, 1.54) is 7.11 Å². The first kappa shape index (κ1) is 17.0. The van der Waals surface area contributed by atoms with E-state index in [-0.39, 0.29) is 24.5 Å². The fraction of sp³-hybridized carbons (Fsp3) is 0.167. The Morgan fingerprint density at radius 1 is 1.20 bits per heavy atom. The molecule has 7 heteroatoms. The number of hydrogen-bond acceptors (Lipinski definition) is 4. The average Bonchev–Trinajstić information content (AvgIpc) is 3.07. The van der Waals surface area contributed by atoms with Gasteiger partial charge in [0.15, 0.2) is 5.78 Å². The molecule has 1 aromatic heterocycles. The van der Waals surface area contributed by atoms with Crippen molar-refractivity contribution in [1.82, 2.24) is 9.97 Å². The van der Waals surface area contributed by atoms with Gasteiger partial charge in [-0.15, -0.1) is 0 Å². The van der Waals surface area contributed by atoms with Gasteiger partial charge in [-0.1, -0.05) is 11.6 Å². The number of hydrogen-bond donors (Lipinski definition) is 2. The van der Waals surface area contributed by atoms with Gasteiger partial charge >= 0.3 is 0 Å². The van der Waals surface area contributed by atoms with Gasteiger partial charge in [-0.2, -0.15) is 0 Å². The number of H-pyrrole nitrogens is 1. The zero-order valence-corrected chi connectivity index (χ0v) is 14.3. The highest BCUT2D eigenvalue weighted by atomic mass is 35.5. The summed E-state index contributed by atoms with van der Waals surface area (Å²) < 4.78 is 5.17. The lowest BCUT2D eigenvalue weighted by atomic mass is 10.1. The number of aromatic amines is 1. The monoisotopic (exact) mass is 357 g/mol. The van der Waals surface area contributed by atoms with Crippen LogP contribution >= 0.6 is 11.6 Å². The van der Waals surface area contributed by atoms with Crippen LogP contribution in [0.2, 0.25) is 5.02 Å². The summed E-state index contributed by atoms with van der Waals surface area (Å²) >= 11 is 5.93. The number of imidazole rings is 1. The summed E-state index contributed by atoms with van der Waals surface area (Å²) in [5.74, 6) is 0.00577. The molecule has 0 aliphatic rings. The van der Waals surface area contributed by atoms with E-state index in [1.54, 1.807) is 36.7 Å². The smallest absolute Gasteiger partial charge is 0.224 e. The predicted octanol–water partition coefficient (Wildman–Crippen LogP) is 3.83. The number of halogens is 1. The number of anilines is 1. The molecule has 2 aromatic carbocycles. The number of benzene rings is 2. The van der Waals surface area contributed by atoms with Crippen molar-refractivity contribution in [3.63, 3.8) is 0 Å². The van der Waals surface area contributed by atoms with Crippen molar-refractivity contribution >= 4 is 40.0 Å². The van der Waals surface area contributed by atoms with E-state index in [9.17, 15) is 9.59 Å². The molecule has 0 saturated heterocycles. The number of nitrogens with zero attached hydrogens (tertiary/aromatic N) is 1. The lowest BCUT2D eigenvalue weighted by Gasteiger charge is -2.08. The van der Waals surface area contributed by atoms with Crippen molar-refractivity contribution in [2.75, 3.05) is 12.4 Å².